The number of ether oxygens (including phenoxy) is 5. The van der Waals surface area contributed by atoms with Gasteiger partial charge in [0.2, 0.25) is 0 Å². The molecule has 5 nitrogen and oxygen atoms in total. The fraction of sp³-hybridized carbons (Fsp3) is 1.00. The van der Waals surface area contributed by atoms with E-state index in [1.807, 2.05) is 20.8 Å². The Hall–Kier alpha value is -0.200. The summed E-state index contributed by atoms with van der Waals surface area (Å²) in [7, 11) is 0. The molecule has 1 aliphatic heterocycles. The maximum absolute atomic E-state index is 5.96. The predicted octanol–water partition coefficient (Wildman–Crippen LogP) is 5.31. The highest BCUT2D eigenvalue weighted by molar-refractivity contribution is 4.70. The first-order valence-corrected chi connectivity index (χ1v) is 11.3. The van der Waals surface area contributed by atoms with E-state index in [2.05, 4.69) is 6.92 Å². The highest BCUT2D eigenvalue weighted by Gasteiger charge is 2.35. The van der Waals surface area contributed by atoms with E-state index in [0.717, 1.165) is 39.1 Å². The molecule has 1 rings (SSSR count). The van der Waals surface area contributed by atoms with Crippen LogP contribution < -0.4 is 0 Å². The Balaban J connectivity index is 2.49. The fourth-order valence-electron chi connectivity index (χ4n) is 3.55. The van der Waals surface area contributed by atoms with Crippen LogP contribution in [-0.4, -0.2) is 51.7 Å². The molecule has 1 aliphatic rings. The van der Waals surface area contributed by atoms with Gasteiger partial charge in [-0.1, -0.05) is 45.4 Å². The number of rotatable bonds is 20. The van der Waals surface area contributed by atoms with Gasteiger partial charge in [-0.3, -0.25) is 0 Å². The summed E-state index contributed by atoms with van der Waals surface area (Å²) < 4.78 is 28.8. The molecule has 0 aliphatic carbocycles. The zero-order chi connectivity index (χ0) is 19.8. The first-order valence-electron chi connectivity index (χ1n) is 11.3. The molecule has 0 radical (unpaired) electrons. The number of unbranched alkanes of at least 4 members (excludes halogenated alkanes) is 4. The average molecular weight is 389 g/mol. The first-order chi connectivity index (χ1) is 13.2. The van der Waals surface area contributed by atoms with Gasteiger partial charge in [0, 0.05) is 32.8 Å². The van der Waals surface area contributed by atoms with Crippen LogP contribution in [-0.2, 0) is 23.7 Å². The van der Waals surface area contributed by atoms with E-state index in [9.17, 15) is 0 Å². The number of epoxide rings is 1. The molecule has 0 aromatic heterocycles. The second-order valence-electron chi connectivity index (χ2n) is 7.43. The van der Waals surface area contributed by atoms with Gasteiger partial charge in [-0.05, 0) is 39.5 Å². The van der Waals surface area contributed by atoms with Crippen LogP contribution in [0.5, 0.6) is 0 Å². The molecule has 0 aromatic carbocycles. The molecule has 1 saturated heterocycles. The van der Waals surface area contributed by atoms with Crippen molar-refractivity contribution in [2.45, 2.75) is 97.6 Å². The van der Waals surface area contributed by atoms with Gasteiger partial charge in [0.15, 0.2) is 0 Å². The Morgan fingerprint density at radius 3 is 2.00 bits per heavy atom. The van der Waals surface area contributed by atoms with Crippen molar-refractivity contribution in [3.8, 4) is 0 Å². The molecule has 5 heteroatoms. The smallest absolute Gasteiger partial charge is 0.283 e. The summed E-state index contributed by atoms with van der Waals surface area (Å²) in [6, 6.07) is 0. The normalized spacial score (nSPS) is 18.0. The second kappa shape index (κ2) is 15.7. The van der Waals surface area contributed by atoms with E-state index in [0.29, 0.717) is 31.8 Å². The minimum absolute atomic E-state index is 0.348. The predicted molar refractivity (Wildman–Crippen MR) is 109 cm³/mol. The Morgan fingerprint density at radius 2 is 1.44 bits per heavy atom. The zero-order valence-electron chi connectivity index (χ0n) is 18.3. The molecule has 27 heavy (non-hydrogen) atoms. The van der Waals surface area contributed by atoms with E-state index in [-0.39, 0.29) is 0 Å². The van der Waals surface area contributed by atoms with Gasteiger partial charge in [0.25, 0.3) is 5.97 Å². The monoisotopic (exact) mass is 388 g/mol. The number of hydrogen-bond donors (Lipinski definition) is 0. The fourth-order valence-corrected chi connectivity index (χ4v) is 3.55. The molecule has 2 atom stereocenters. The van der Waals surface area contributed by atoms with Gasteiger partial charge in [-0.15, -0.1) is 0 Å². The zero-order valence-corrected chi connectivity index (χ0v) is 18.3. The standard InChI is InChI=1S/C22H44O5/c1-5-9-10-11-12-14-20(15-13-16-23-18-21-19-24-21)17-22(25-6-2,26-7-3)27-8-4/h20-21H,5-19H2,1-4H3/t20-,21?/m0/s1. The summed E-state index contributed by atoms with van der Waals surface area (Å²) >= 11 is 0. The molecule has 0 aromatic rings. The lowest BCUT2D eigenvalue weighted by molar-refractivity contribution is -0.384. The Kier molecular flexibility index (Phi) is 14.4. The highest BCUT2D eigenvalue weighted by atomic mass is 16.9. The Labute approximate surface area is 167 Å². The number of hydrogen-bond acceptors (Lipinski definition) is 5. The maximum atomic E-state index is 5.96. The minimum Gasteiger partial charge on any atom is -0.379 e. The van der Waals surface area contributed by atoms with Gasteiger partial charge < -0.3 is 23.7 Å². The van der Waals surface area contributed by atoms with Crippen molar-refractivity contribution in [1.29, 1.82) is 0 Å². The third-order valence-electron chi connectivity index (χ3n) is 4.95. The third-order valence-corrected chi connectivity index (χ3v) is 4.95. The van der Waals surface area contributed by atoms with Gasteiger partial charge in [-0.25, -0.2) is 0 Å². The van der Waals surface area contributed by atoms with Crippen molar-refractivity contribution < 1.29 is 23.7 Å². The van der Waals surface area contributed by atoms with Crippen LogP contribution in [0.1, 0.15) is 85.5 Å². The van der Waals surface area contributed by atoms with E-state index in [1.165, 1.54) is 38.5 Å². The van der Waals surface area contributed by atoms with Crippen LogP contribution in [0.25, 0.3) is 0 Å². The first kappa shape index (κ1) is 24.8. The van der Waals surface area contributed by atoms with Crippen LogP contribution in [0.3, 0.4) is 0 Å². The second-order valence-corrected chi connectivity index (χ2v) is 7.43. The van der Waals surface area contributed by atoms with Gasteiger partial charge >= 0.3 is 0 Å². The third kappa shape index (κ3) is 12.1. The Bertz CT molecular complexity index is 316. The van der Waals surface area contributed by atoms with E-state index >= 15 is 0 Å². The molecule has 1 unspecified atom stereocenters. The van der Waals surface area contributed by atoms with Crippen molar-refractivity contribution in [2.24, 2.45) is 5.92 Å². The molecular weight excluding hydrogens is 344 g/mol. The molecule has 0 bridgehead atoms. The quantitative estimate of drug-likeness (QED) is 0.161. The molecular formula is C22H44O5. The van der Waals surface area contributed by atoms with E-state index in [4.69, 9.17) is 23.7 Å². The average Bonchev–Trinajstić information content (AvgIpc) is 3.46. The summed E-state index contributed by atoms with van der Waals surface area (Å²) in [5, 5.41) is 0. The lowest BCUT2D eigenvalue weighted by atomic mass is 9.91. The van der Waals surface area contributed by atoms with E-state index in [1.54, 1.807) is 0 Å². The van der Waals surface area contributed by atoms with Crippen molar-refractivity contribution in [1.82, 2.24) is 0 Å². The summed E-state index contributed by atoms with van der Waals surface area (Å²) in [5.41, 5.74) is 0. The van der Waals surface area contributed by atoms with Crippen molar-refractivity contribution in [3.63, 3.8) is 0 Å². The van der Waals surface area contributed by atoms with Crippen LogP contribution in [0.2, 0.25) is 0 Å². The molecule has 1 fully saturated rings. The van der Waals surface area contributed by atoms with Crippen LogP contribution in [0, 0.1) is 5.92 Å². The summed E-state index contributed by atoms with van der Waals surface area (Å²) in [4.78, 5) is 0. The largest absolute Gasteiger partial charge is 0.379 e. The van der Waals surface area contributed by atoms with Crippen LogP contribution >= 0.6 is 0 Å². The van der Waals surface area contributed by atoms with E-state index < -0.39 is 5.97 Å². The van der Waals surface area contributed by atoms with Crippen molar-refractivity contribution in [2.75, 3.05) is 39.6 Å². The summed E-state index contributed by atoms with van der Waals surface area (Å²) in [5.74, 6) is -0.369. The van der Waals surface area contributed by atoms with Crippen LogP contribution in [0.4, 0.5) is 0 Å². The molecule has 0 saturated carbocycles. The SMILES string of the molecule is CCCCCCC[C@@H](CCCOCC1CO1)CC(OCC)(OCC)OCC. The molecule has 0 N–H and O–H groups in total. The summed E-state index contributed by atoms with van der Waals surface area (Å²) in [6.45, 7) is 12.4. The van der Waals surface area contributed by atoms with Crippen molar-refractivity contribution >= 4 is 0 Å². The molecule has 162 valence electrons. The van der Waals surface area contributed by atoms with Gasteiger partial charge in [0.05, 0.1) is 13.2 Å². The topological polar surface area (TPSA) is 49.5 Å². The van der Waals surface area contributed by atoms with Gasteiger partial charge in [-0.2, -0.15) is 0 Å². The van der Waals surface area contributed by atoms with Gasteiger partial charge in [0.1, 0.15) is 6.10 Å². The molecule has 1 heterocycles. The lowest BCUT2D eigenvalue weighted by Crippen LogP contribution is -2.41. The molecule has 0 amide bonds. The molecule has 0 spiro atoms. The van der Waals surface area contributed by atoms with Crippen molar-refractivity contribution in [3.05, 3.63) is 0 Å². The minimum atomic E-state index is -0.894. The maximum Gasteiger partial charge on any atom is 0.283 e. The highest BCUT2D eigenvalue weighted by Crippen LogP contribution is 2.31. The lowest BCUT2D eigenvalue weighted by Gasteiger charge is -2.35. The Morgan fingerprint density at radius 1 is 0.852 bits per heavy atom. The summed E-state index contributed by atoms with van der Waals surface area (Å²) in [6.07, 6.45) is 11.1. The van der Waals surface area contributed by atoms with Crippen LogP contribution in [0.15, 0.2) is 0 Å².